The number of nitrogens with one attached hydrogen (secondary N) is 2. The number of rotatable bonds is 4. The molecule has 1 fully saturated rings. The summed E-state index contributed by atoms with van der Waals surface area (Å²) in [6, 6.07) is 6.21. The second-order valence-corrected chi connectivity index (χ2v) is 5.44. The lowest BCUT2D eigenvalue weighted by Crippen LogP contribution is -3.15. The Morgan fingerprint density at radius 1 is 1.35 bits per heavy atom. The van der Waals surface area contributed by atoms with E-state index in [1.807, 2.05) is 0 Å². The molecule has 0 saturated carbocycles. The van der Waals surface area contributed by atoms with Crippen molar-refractivity contribution < 1.29 is 18.8 Å². The lowest BCUT2D eigenvalue weighted by Gasteiger charge is -2.32. The van der Waals surface area contributed by atoms with Crippen molar-refractivity contribution in [3.63, 3.8) is 0 Å². The molecule has 3 atom stereocenters. The number of carbonyl (C=O) groups excluding carboxylic acids is 1. The fourth-order valence-corrected chi connectivity index (χ4v) is 2.66. The molecule has 1 unspecified atom stereocenters. The molecule has 2 N–H and O–H groups in total. The van der Waals surface area contributed by atoms with Crippen molar-refractivity contribution in [1.29, 1.82) is 0 Å². The van der Waals surface area contributed by atoms with Crippen LogP contribution in [0.25, 0.3) is 0 Å². The van der Waals surface area contributed by atoms with Gasteiger partial charge in [0.2, 0.25) is 5.91 Å². The highest BCUT2D eigenvalue weighted by atomic mass is 19.1. The Balaban J connectivity index is 1.79. The number of carbonyl (C=O) groups is 1. The third-order valence-corrected chi connectivity index (χ3v) is 3.47. The number of hydrogen-bond donors (Lipinski definition) is 2. The molecule has 2 rings (SSSR count). The van der Waals surface area contributed by atoms with Crippen molar-refractivity contribution in [3.8, 4) is 0 Å². The zero-order valence-electron chi connectivity index (χ0n) is 12.0. The van der Waals surface area contributed by atoms with Crippen molar-refractivity contribution in [2.45, 2.75) is 32.5 Å². The monoisotopic (exact) mass is 281 g/mol. The van der Waals surface area contributed by atoms with Crippen molar-refractivity contribution in [2.24, 2.45) is 0 Å². The van der Waals surface area contributed by atoms with Gasteiger partial charge >= 0.3 is 0 Å². The van der Waals surface area contributed by atoms with Crippen LogP contribution in [0.15, 0.2) is 24.3 Å². The van der Waals surface area contributed by atoms with Gasteiger partial charge in [-0.2, -0.15) is 0 Å². The fraction of sp³-hybridized carbons (Fsp3) is 0.533. The van der Waals surface area contributed by atoms with Gasteiger partial charge in [0, 0.05) is 0 Å². The van der Waals surface area contributed by atoms with Crippen LogP contribution in [0, 0.1) is 5.82 Å². The molecule has 0 aliphatic carbocycles. The van der Waals surface area contributed by atoms with Crippen LogP contribution < -0.4 is 10.2 Å². The standard InChI is InChI=1S/C15H21FN2O2/c1-11-9-18(10-12(2)20-11)8-7-15(19)17-14-6-4-3-5-13(14)16/h3-6,11-12H,7-10H2,1-2H3,(H,17,19)/p+1/t11-,12+. The SMILES string of the molecule is C[C@@H]1C[NH+](CCC(=O)Nc2ccccc2F)C[C@H](C)O1. The highest BCUT2D eigenvalue weighted by Gasteiger charge is 2.25. The number of amides is 1. The van der Waals surface area contributed by atoms with E-state index in [0.29, 0.717) is 6.42 Å². The average molecular weight is 281 g/mol. The Kier molecular flexibility index (Phi) is 5.09. The summed E-state index contributed by atoms with van der Waals surface area (Å²) in [7, 11) is 0. The van der Waals surface area contributed by atoms with Gasteiger partial charge in [0.1, 0.15) is 31.1 Å². The van der Waals surface area contributed by atoms with Crippen molar-refractivity contribution in [3.05, 3.63) is 30.1 Å². The van der Waals surface area contributed by atoms with Crippen LogP contribution in [0.1, 0.15) is 20.3 Å². The largest absolute Gasteiger partial charge is 0.364 e. The van der Waals surface area contributed by atoms with Gasteiger partial charge in [-0.25, -0.2) is 4.39 Å². The minimum Gasteiger partial charge on any atom is -0.364 e. The van der Waals surface area contributed by atoms with Gasteiger partial charge in [0.05, 0.1) is 18.7 Å². The molecule has 0 spiro atoms. The summed E-state index contributed by atoms with van der Waals surface area (Å²) in [6.45, 7) is 6.68. The molecule has 1 aromatic rings. The molecule has 5 heteroatoms. The first-order valence-electron chi connectivity index (χ1n) is 7.08. The van der Waals surface area contributed by atoms with E-state index in [0.717, 1.165) is 19.6 Å². The Bertz CT molecular complexity index is 457. The summed E-state index contributed by atoms with van der Waals surface area (Å²) in [5.74, 6) is -0.545. The quantitative estimate of drug-likeness (QED) is 0.859. The molecule has 1 aliphatic heterocycles. The van der Waals surface area contributed by atoms with Crippen LogP contribution in [-0.2, 0) is 9.53 Å². The minimum atomic E-state index is -0.401. The Hall–Kier alpha value is -1.46. The zero-order chi connectivity index (χ0) is 14.5. The third kappa shape index (κ3) is 4.28. The van der Waals surface area contributed by atoms with Crippen molar-refractivity contribution >= 4 is 11.6 Å². The lowest BCUT2D eigenvalue weighted by atomic mass is 10.2. The summed E-state index contributed by atoms with van der Waals surface area (Å²) >= 11 is 0. The number of hydrogen-bond acceptors (Lipinski definition) is 2. The summed E-state index contributed by atoms with van der Waals surface area (Å²) in [5.41, 5.74) is 0.246. The van der Waals surface area contributed by atoms with Gasteiger partial charge in [-0.3, -0.25) is 4.79 Å². The van der Waals surface area contributed by atoms with E-state index >= 15 is 0 Å². The zero-order valence-corrected chi connectivity index (χ0v) is 12.0. The van der Waals surface area contributed by atoms with Crippen molar-refractivity contribution in [2.75, 3.05) is 25.0 Å². The molecule has 4 nitrogen and oxygen atoms in total. The molecular weight excluding hydrogens is 259 g/mol. The van der Waals surface area contributed by atoms with E-state index < -0.39 is 5.82 Å². The van der Waals surface area contributed by atoms with Gasteiger partial charge in [0.25, 0.3) is 0 Å². The molecule has 0 bridgehead atoms. The van der Waals surface area contributed by atoms with Crippen LogP contribution in [0.4, 0.5) is 10.1 Å². The van der Waals surface area contributed by atoms with Gasteiger partial charge < -0.3 is 15.0 Å². The Morgan fingerprint density at radius 2 is 2.00 bits per heavy atom. The molecule has 1 amide bonds. The second-order valence-electron chi connectivity index (χ2n) is 5.44. The highest BCUT2D eigenvalue weighted by Crippen LogP contribution is 2.12. The average Bonchev–Trinajstić information content (AvgIpc) is 2.38. The first-order valence-corrected chi connectivity index (χ1v) is 7.08. The normalized spacial score (nSPS) is 26.2. The molecular formula is C15H22FN2O2+. The summed E-state index contributed by atoms with van der Waals surface area (Å²) in [5, 5.41) is 2.61. The first-order chi connectivity index (χ1) is 9.54. The van der Waals surface area contributed by atoms with Crippen LogP contribution in [0.5, 0.6) is 0 Å². The third-order valence-electron chi connectivity index (χ3n) is 3.47. The molecule has 0 aromatic heterocycles. The fourth-order valence-electron chi connectivity index (χ4n) is 2.66. The van der Waals surface area contributed by atoms with E-state index in [9.17, 15) is 9.18 Å². The number of para-hydroxylation sites is 1. The molecule has 0 radical (unpaired) electrons. The minimum absolute atomic E-state index is 0.144. The molecule has 110 valence electrons. The van der Waals surface area contributed by atoms with E-state index in [1.165, 1.54) is 11.0 Å². The number of benzene rings is 1. The van der Waals surface area contributed by atoms with Crippen molar-refractivity contribution in [1.82, 2.24) is 0 Å². The smallest absolute Gasteiger partial charge is 0.230 e. The maximum absolute atomic E-state index is 13.4. The lowest BCUT2D eigenvalue weighted by molar-refractivity contribution is -0.914. The highest BCUT2D eigenvalue weighted by molar-refractivity contribution is 5.90. The predicted molar refractivity (Wildman–Crippen MR) is 75.2 cm³/mol. The first kappa shape index (κ1) is 14.9. The molecule has 1 aromatic carbocycles. The van der Waals surface area contributed by atoms with Gasteiger partial charge in [-0.1, -0.05) is 12.1 Å². The van der Waals surface area contributed by atoms with Crippen LogP contribution >= 0.6 is 0 Å². The molecule has 1 aliphatic rings. The predicted octanol–water partition coefficient (Wildman–Crippen LogP) is 0.846. The summed E-state index contributed by atoms with van der Waals surface area (Å²) in [4.78, 5) is 13.2. The van der Waals surface area contributed by atoms with Crippen LogP contribution in [0.3, 0.4) is 0 Å². The van der Waals surface area contributed by atoms with E-state index in [2.05, 4.69) is 19.2 Å². The Labute approximate surface area is 118 Å². The summed E-state index contributed by atoms with van der Waals surface area (Å²) < 4.78 is 19.1. The molecule has 1 saturated heterocycles. The number of quaternary nitrogens is 1. The van der Waals surface area contributed by atoms with Gasteiger partial charge in [-0.05, 0) is 26.0 Å². The molecule has 20 heavy (non-hydrogen) atoms. The maximum Gasteiger partial charge on any atom is 0.230 e. The number of halogens is 1. The Morgan fingerprint density at radius 3 is 2.65 bits per heavy atom. The number of morpholine rings is 1. The number of anilines is 1. The van der Waals surface area contributed by atoms with Gasteiger partial charge in [-0.15, -0.1) is 0 Å². The topological polar surface area (TPSA) is 42.8 Å². The van der Waals surface area contributed by atoms with E-state index in [-0.39, 0.29) is 23.8 Å². The van der Waals surface area contributed by atoms with E-state index in [1.54, 1.807) is 18.2 Å². The van der Waals surface area contributed by atoms with Crippen LogP contribution in [0.2, 0.25) is 0 Å². The maximum atomic E-state index is 13.4. The molecule has 1 heterocycles. The van der Waals surface area contributed by atoms with E-state index in [4.69, 9.17) is 4.74 Å². The summed E-state index contributed by atoms with van der Waals surface area (Å²) in [6.07, 6.45) is 0.843. The second kappa shape index (κ2) is 6.81. The van der Waals surface area contributed by atoms with Gasteiger partial charge in [0.15, 0.2) is 0 Å². The van der Waals surface area contributed by atoms with Crippen LogP contribution in [-0.4, -0.2) is 37.7 Å². The number of ether oxygens (including phenoxy) is 1.